The summed E-state index contributed by atoms with van der Waals surface area (Å²) in [5.74, 6) is 0.730. The second kappa shape index (κ2) is 7.06. The van der Waals surface area contributed by atoms with Crippen molar-refractivity contribution < 1.29 is 9.53 Å². The summed E-state index contributed by atoms with van der Waals surface area (Å²) in [7, 11) is 1.73. The minimum atomic E-state index is 0.141. The quantitative estimate of drug-likeness (QED) is 0.782. The molecule has 1 saturated heterocycles. The molecule has 0 N–H and O–H groups in total. The van der Waals surface area contributed by atoms with Crippen LogP contribution in [0.2, 0.25) is 0 Å². The molecule has 0 radical (unpaired) electrons. The van der Waals surface area contributed by atoms with E-state index in [1.807, 2.05) is 25.0 Å². The smallest absolute Gasteiger partial charge is 0.253 e. The van der Waals surface area contributed by atoms with Gasteiger partial charge in [0.15, 0.2) is 0 Å². The van der Waals surface area contributed by atoms with Crippen molar-refractivity contribution in [2.45, 2.75) is 44.4 Å². The summed E-state index contributed by atoms with van der Waals surface area (Å²) in [6, 6.07) is 0. The monoisotopic (exact) mass is 349 g/mol. The fourth-order valence-corrected chi connectivity index (χ4v) is 3.47. The van der Waals surface area contributed by atoms with Crippen LogP contribution in [0.4, 0.5) is 0 Å². The lowest BCUT2D eigenvalue weighted by atomic mass is 10.0. The Morgan fingerprint density at radius 2 is 2.00 bits per heavy atom. The number of amides is 1. The van der Waals surface area contributed by atoms with Crippen molar-refractivity contribution in [3.63, 3.8) is 0 Å². The van der Waals surface area contributed by atoms with E-state index in [9.17, 15) is 4.79 Å². The molecule has 0 aromatic carbocycles. The highest BCUT2D eigenvalue weighted by atomic mass is 32.2. The van der Waals surface area contributed by atoms with Gasteiger partial charge in [-0.25, -0.2) is 9.50 Å². The molecule has 0 saturated carbocycles. The number of aryl methyl sites for hydroxylation is 2. The molecule has 7 nitrogen and oxygen atoms in total. The maximum absolute atomic E-state index is 12.7. The minimum Gasteiger partial charge on any atom is -0.381 e. The highest BCUT2D eigenvalue weighted by molar-refractivity contribution is 7.98. The predicted molar refractivity (Wildman–Crippen MR) is 92.4 cm³/mol. The largest absolute Gasteiger partial charge is 0.381 e. The molecule has 2 aromatic rings. The average molecular weight is 349 g/mol. The zero-order chi connectivity index (χ0) is 17.3. The lowest BCUT2D eigenvalue weighted by Gasteiger charge is -2.31. The average Bonchev–Trinajstić information content (AvgIpc) is 3.01. The Labute approximate surface area is 145 Å². The summed E-state index contributed by atoms with van der Waals surface area (Å²) in [5.41, 5.74) is 2.73. The molecule has 0 spiro atoms. The molecule has 3 rings (SSSR count). The Morgan fingerprint density at radius 3 is 2.62 bits per heavy atom. The van der Waals surface area contributed by atoms with E-state index >= 15 is 0 Å². The third-order valence-corrected chi connectivity index (χ3v) is 5.21. The van der Waals surface area contributed by atoms with Crippen molar-refractivity contribution in [3.8, 4) is 0 Å². The van der Waals surface area contributed by atoms with Gasteiger partial charge in [0.25, 0.3) is 5.78 Å². The number of rotatable bonds is 4. The van der Waals surface area contributed by atoms with Crippen LogP contribution < -0.4 is 0 Å². The summed E-state index contributed by atoms with van der Waals surface area (Å²) in [4.78, 5) is 23.5. The van der Waals surface area contributed by atoms with Gasteiger partial charge in [-0.1, -0.05) is 11.8 Å². The van der Waals surface area contributed by atoms with Crippen LogP contribution in [0.3, 0.4) is 0 Å². The van der Waals surface area contributed by atoms with E-state index in [0.29, 0.717) is 17.4 Å². The van der Waals surface area contributed by atoms with Gasteiger partial charge in [-0.15, -0.1) is 5.10 Å². The van der Waals surface area contributed by atoms with Gasteiger partial charge in [-0.05, 0) is 32.9 Å². The molecule has 1 aliphatic heterocycles. The summed E-state index contributed by atoms with van der Waals surface area (Å²) in [6.45, 7) is 5.41. The molecule has 1 aliphatic rings. The first-order chi connectivity index (χ1) is 11.5. The molecular weight excluding hydrogens is 326 g/mol. The van der Waals surface area contributed by atoms with Crippen LogP contribution in [0, 0.1) is 13.8 Å². The lowest BCUT2D eigenvalue weighted by Crippen LogP contribution is -2.41. The van der Waals surface area contributed by atoms with Crippen LogP contribution >= 0.6 is 11.8 Å². The molecule has 1 amide bonds. The molecule has 1 fully saturated rings. The Hall–Kier alpha value is -1.67. The number of piperidine rings is 1. The highest BCUT2D eigenvalue weighted by Crippen LogP contribution is 2.19. The Morgan fingerprint density at radius 1 is 1.29 bits per heavy atom. The van der Waals surface area contributed by atoms with Crippen molar-refractivity contribution in [2.24, 2.45) is 0 Å². The van der Waals surface area contributed by atoms with Crippen LogP contribution in [-0.2, 0) is 16.0 Å². The maximum Gasteiger partial charge on any atom is 0.253 e. The van der Waals surface area contributed by atoms with Crippen LogP contribution in [0.25, 0.3) is 5.78 Å². The minimum absolute atomic E-state index is 0.141. The number of methoxy groups -OCH3 is 1. The number of carbonyl (C=O) groups is 1. The van der Waals surface area contributed by atoms with E-state index in [1.54, 1.807) is 11.6 Å². The number of likely N-dealkylation sites (tertiary alicyclic amines) is 1. The summed E-state index contributed by atoms with van der Waals surface area (Å²) >= 11 is 1.48. The third-order valence-electron chi connectivity index (χ3n) is 4.67. The second-order valence-corrected chi connectivity index (χ2v) is 6.84. The Bertz CT molecular complexity index is 752. The molecule has 8 heteroatoms. The third kappa shape index (κ3) is 3.25. The van der Waals surface area contributed by atoms with Gasteiger partial charge in [0, 0.05) is 37.2 Å². The lowest BCUT2D eigenvalue weighted by molar-refractivity contribution is -0.132. The van der Waals surface area contributed by atoms with E-state index in [0.717, 1.165) is 42.9 Å². The second-order valence-electron chi connectivity index (χ2n) is 6.06. The number of nitrogens with zero attached hydrogens (tertiary/aromatic N) is 5. The van der Waals surface area contributed by atoms with E-state index in [1.165, 1.54) is 11.8 Å². The fraction of sp³-hybridized carbons (Fsp3) is 0.625. The highest BCUT2D eigenvalue weighted by Gasteiger charge is 2.24. The first-order valence-electron chi connectivity index (χ1n) is 8.11. The van der Waals surface area contributed by atoms with Crippen LogP contribution in [-0.4, -0.2) is 62.9 Å². The molecule has 0 atom stereocenters. The molecule has 0 aliphatic carbocycles. The molecule has 24 heavy (non-hydrogen) atoms. The number of carbonyl (C=O) groups excluding carboxylic acids is 1. The fourth-order valence-electron chi connectivity index (χ4n) is 3.14. The zero-order valence-corrected chi connectivity index (χ0v) is 15.4. The Kier molecular flexibility index (Phi) is 5.05. The SMILES string of the molecule is COC1CCN(C(=O)Cc2c(C)nc3nc(SC)nn3c2C)CC1. The van der Waals surface area contributed by atoms with Crippen molar-refractivity contribution in [2.75, 3.05) is 26.5 Å². The first-order valence-corrected chi connectivity index (χ1v) is 9.33. The van der Waals surface area contributed by atoms with Crippen molar-refractivity contribution in [3.05, 3.63) is 17.0 Å². The van der Waals surface area contributed by atoms with Gasteiger partial charge in [0.05, 0.1) is 12.5 Å². The van der Waals surface area contributed by atoms with Crippen LogP contribution in [0.15, 0.2) is 5.16 Å². The van der Waals surface area contributed by atoms with Gasteiger partial charge >= 0.3 is 0 Å². The number of fused-ring (bicyclic) bond motifs is 1. The van der Waals surface area contributed by atoms with Gasteiger partial charge in [-0.3, -0.25) is 4.79 Å². The van der Waals surface area contributed by atoms with E-state index < -0.39 is 0 Å². The molecule has 130 valence electrons. The maximum atomic E-state index is 12.7. The normalized spacial score (nSPS) is 16.1. The Balaban J connectivity index is 1.80. The molecule has 3 heterocycles. The van der Waals surface area contributed by atoms with Crippen LogP contribution in [0.1, 0.15) is 29.8 Å². The van der Waals surface area contributed by atoms with Crippen molar-refractivity contribution in [1.82, 2.24) is 24.5 Å². The topological polar surface area (TPSA) is 72.6 Å². The molecule has 0 bridgehead atoms. The predicted octanol–water partition coefficient (Wildman–Crippen LogP) is 1.64. The summed E-state index contributed by atoms with van der Waals surface area (Å²) < 4.78 is 7.10. The van der Waals surface area contributed by atoms with Crippen molar-refractivity contribution in [1.29, 1.82) is 0 Å². The van der Waals surface area contributed by atoms with Gasteiger partial charge in [-0.2, -0.15) is 4.98 Å². The molecular formula is C16H23N5O2S. The standard InChI is InChI=1S/C16H23N5O2S/c1-10-13(9-14(22)20-7-5-12(23-3)6-8-20)11(2)21-15(17-10)18-16(19-21)24-4/h12H,5-9H2,1-4H3. The number of aromatic nitrogens is 4. The summed E-state index contributed by atoms with van der Waals surface area (Å²) in [5, 5.41) is 5.13. The first kappa shape index (κ1) is 17.2. The molecule has 2 aromatic heterocycles. The van der Waals surface area contributed by atoms with Gasteiger partial charge < -0.3 is 9.64 Å². The zero-order valence-electron chi connectivity index (χ0n) is 14.6. The number of thioether (sulfide) groups is 1. The molecule has 0 unspecified atom stereocenters. The van der Waals surface area contributed by atoms with Gasteiger partial charge in [0.2, 0.25) is 11.1 Å². The van der Waals surface area contributed by atoms with Gasteiger partial charge in [0.1, 0.15) is 0 Å². The number of hydrogen-bond acceptors (Lipinski definition) is 6. The summed E-state index contributed by atoms with van der Waals surface area (Å²) in [6.07, 6.45) is 4.36. The van der Waals surface area contributed by atoms with Crippen molar-refractivity contribution >= 4 is 23.4 Å². The van der Waals surface area contributed by atoms with E-state index in [4.69, 9.17) is 4.74 Å². The number of hydrogen-bond donors (Lipinski definition) is 0. The van der Waals surface area contributed by atoms with Crippen LogP contribution in [0.5, 0.6) is 0 Å². The number of ether oxygens (including phenoxy) is 1. The van der Waals surface area contributed by atoms with E-state index in [-0.39, 0.29) is 12.0 Å². The van der Waals surface area contributed by atoms with E-state index in [2.05, 4.69) is 15.1 Å².